The number of hydrazone groups is 1. The third-order valence-corrected chi connectivity index (χ3v) is 5.43. The van der Waals surface area contributed by atoms with Gasteiger partial charge in [-0.15, -0.1) is 0 Å². The maximum atomic E-state index is 14.1. The van der Waals surface area contributed by atoms with Crippen LogP contribution in [0.5, 0.6) is 0 Å². The molecule has 0 aliphatic carbocycles. The predicted molar refractivity (Wildman–Crippen MR) is 128 cm³/mol. The number of para-hydroxylation sites is 1. The molecule has 2 N–H and O–H groups in total. The van der Waals surface area contributed by atoms with Crippen LogP contribution in [0.4, 0.5) is 11.4 Å². The van der Waals surface area contributed by atoms with Crippen LogP contribution in [0.2, 0.25) is 0 Å². The molecule has 0 bridgehead atoms. The van der Waals surface area contributed by atoms with Crippen molar-refractivity contribution in [1.29, 1.82) is 0 Å². The first-order valence-electron chi connectivity index (χ1n) is 10.5. The van der Waals surface area contributed by atoms with Crippen molar-refractivity contribution in [2.45, 2.75) is 33.4 Å². The van der Waals surface area contributed by atoms with E-state index in [1.807, 2.05) is 93.6 Å². The zero-order chi connectivity index (χ0) is 22.9. The number of anilines is 2. The van der Waals surface area contributed by atoms with Gasteiger partial charge in [0.1, 0.15) is 5.71 Å². The molecule has 1 atom stereocenters. The fourth-order valence-electron chi connectivity index (χ4n) is 4.27. The summed E-state index contributed by atoms with van der Waals surface area (Å²) in [4.78, 5) is 26.4. The second kappa shape index (κ2) is 8.30. The molecule has 0 saturated carbocycles. The summed E-state index contributed by atoms with van der Waals surface area (Å²) in [5, 5.41) is 12.4. The lowest BCUT2D eigenvalue weighted by atomic mass is 9.95. The molecule has 32 heavy (non-hydrogen) atoms. The minimum absolute atomic E-state index is 0.343. The number of carbonyl (C=O) groups excluding carboxylic acids is 2. The molecule has 3 aromatic rings. The van der Waals surface area contributed by atoms with E-state index in [2.05, 4.69) is 10.6 Å². The van der Waals surface area contributed by atoms with Crippen LogP contribution in [-0.2, 0) is 9.59 Å². The minimum atomic E-state index is -1.56. The van der Waals surface area contributed by atoms with E-state index < -0.39 is 5.66 Å². The van der Waals surface area contributed by atoms with Gasteiger partial charge in [-0.3, -0.25) is 9.59 Å². The van der Waals surface area contributed by atoms with E-state index in [4.69, 9.17) is 5.10 Å². The number of rotatable bonds is 5. The van der Waals surface area contributed by atoms with Crippen molar-refractivity contribution in [1.82, 2.24) is 5.32 Å². The van der Waals surface area contributed by atoms with Crippen LogP contribution in [0.3, 0.4) is 0 Å². The van der Waals surface area contributed by atoms with E-state index in [0.717, 1.165) is 27.9 Å². The lowest BCUT2D eigenvalue weighted by Crippen LogP contribution is -2.64. The molecule has 1 heterocycles. The third kappa shape index (κ3) is 3.75. The van der Waals surface area contributed by atoms with Gasteiger partial charge in [-0.25, -0.2) is 0 Å². The Morgan fingerprint density at radius 1 is 0.906 bits per heavy atom. The van der Waals surface area contributed by atoms with E-state index in [1.165, 1.54) is 11.9 Å². The summed E-state index contributed by atoms with van der Waals surface area (Å²) in [5.74, 6) is -0.713. The molecule has 6 nitrogen and oxygen atoms in total. The largest absolute Gasteiger partial charge is 0.350 e. The maximum Gasteiger partial charge on any atom is 0.300 e. The number of hydrogen-bond donors (Lipinski definition) is 2. The van der Waals surface area contributed by atoms with Crippen LogP contribution in [0.15, 0.2) is 77.9 Å². The monoisotopic (exact) mass is 426 g/mol. The summed E-state index contributed by atoms with van der Waals surface area (Å²) in [6, 6.07) is 22.8. The van der Waals surface area contributed by atoms with Crippen LogP contribution < -0.4 is 15.6 Å². The van der Waals surface area contributed by atoms with E-state index in [-0.39, 0.29) is 11.8 Å². The summed E-state index contributed by atoms with van der Waals surface area (Å²) in [7, 11) is 0. The van der Waals surface area contributed by atoms with Crippen LogP contribution in [0, 0.1) is 20.8 Å². The summed E-state index contributed by atoms with van der Waals surface area (Å²) in [5.41, 5.74) is 4.00. The minimum Gasteiger partial charge on any atom is -0.350 e. The van der Waals surface area contributed by atoms with Gasteiger partial charge >= 0.3 is 5.91 Å². The molecular formula is C26H26N4O2. The van der Waals surface area contributed by atoms with Gasteiger partial charge < -0.3 is 10.6 Å². The molecule has 4 rings (SSSR count). The highest BCUT2D eigenvalue weighted by Crippen LogP contribution is 2.35. The quantitative estimate of drug-likeness (QED) is 0.597. The number of nitrogens with zero attached hydrogens (tertiary/aromatic N) is 2. The Bertz CT molecular complexity index is 1180. The summed E-state index contributed by atoms with van der Waals surface area (Å²) >= 11 is 0. The van der Waals surface area contributed by atoms with E-state index in [0.29, 0.717) is 11.4 Å². The van der Waals surface area contributed by atoms with Gasteiger partial charge in [-0.05, 0) is 44.0 Å². The smallest absolute Gasteiger partial charge is 0.300 e. The lowest BCUT2D eigenvalue weighted by molar-refractivity contribution is -0.127. The highest BCUT2D eigenvalue weighted by molar-refractivity contribution is 6.31. The zero-order valence-electron chi connectivity index (χ0n) is 18.6. The van der Waals surface area contributed by atoms with Crippen molar-refractivity contribution in [3.05, 3.63) is 95.1 Å². The standard InChI is InChI=1S/C26H26N4O2/c1-17-15-18(2)23(19(3)16-17)30-25(32)26(27-20(4)31,28-22-13-9-6-10-14-22)24(29-30)21-11-7-5-8-12-21/h5-16,28H,1-4H3,(H,27,31). The first-order valence-corrected chi connectivity index (χ1v) is 10.5. The van der Waals surface area contributed by atoms with E-state index in [1.54, 1.807) is 0 Å². The predicted octanol–water partition coefficient (Wildman–Crippen LogP) is 4.31. The molecule has 2 amide bonds. The first kappa shape index (κ1) is 21.3. The lowest BCUT2D eigenvalue weighted by Gasteiger charge is -2.32. The highest BCUT2D eigenvalue weighted by Gasteiger charge is 2.53. The van der Waals surface area contributed by atoms with Crippen molar-refractivity contribution < 1.29 is 9.59 Å². The first-order chi connectivity index (χ1) is 15.3. The molecule has 0 aromatic heterocycles. The fourth-order valence-corrected chi connectivity index (χ4v) is 4.27. The molecule has 0 saturated heterocycles. The number of hydrogen-bond acceptors (Lipinski definition) is 4. The van der Waals surface area contributed by atoms with E-state index in [9.17, 15) is 9.59 Å². The van der Waals surface area contributed by atoms with E-state index >= 15 is 0 Å². The van der Waals surface area contributed by atoms with Crippen LogP contribution in [0.1, 0.15) is 29.2 Å². The Balaban J connectivity index is 1.94. The Kier molecular flexibility index (Phi) is 5.53. The summed E-state index contributed by atoms with van der Waals surface area (Å²) in [6.07, 6.45) is 0. The number of amides is 2. The van der Waals surface area contributed by atoms with Gasteiger partial charge in [0, 0.05) is 18.2 Å². The highest BCUT2D eigenvalue weighted by atomic mass is 16.2. The molecule has 0 spiro atoms. The summed E-state index contributed by atoms with van der Waals surface area (Å²) < 4.78 is 0. The molecule has 0 radical (unpaired) electrons. The Labute approximate surface area is 188 Å². The Morgan fingerprint density at radius 2 is 1.47 bits per heavy atom. The van der Waals surface area contributed by atoms with Gasteiger partial charge in [0.15, 0.2) is 0 Å². The van der Waals surface area contributed by atoms with Crippen LogP contribution in [-0.4, -0.2) is 23.2 Å². The summed E-state index contributed by atoms with van der Waals surface area (Å²) in [6.45, 7) is 7.34. The molecular weight excluding hydrogens is 400 g/mol. The molecule has 1 aliphatic heterocycles. The van der Waals surface area contributed by atoms with Gasteiger partial charge in [0.25, 0.3) is 0 Å². The second-order valence-electron chi connectivity index (χ2n) is 8.10. The van der Waals surface area contributed by atoms with Gasteiger partial charge in [0.05, 0.1) is 5.69 Å². The fraction of sp³-hybridized carbons (Fsp3) is 0.192. The van der Waals surface area contributed by atoms with Crippen molar-refractivity contribution in [2.75, 3.05) is 10.3 Å². The number of nitrogens with one attached hydrogen (secondary N) is 2. The van der Waals surface area contributed by atoms with Crippen molar-refractivity contribution >= 4 is 28.9 Å². The number of benzene rings is 3. The van der Waals surface area contributed by atoms with Crippen molar-refractivity contribution in [3.8, 4) is 0 Å². The van der Waals surface area contributed by atoms with Crippen LogP contribution >= 0.6 is 0 Å². The van der Waals surface area contributed by atoms with Crippen LogP contribution in [0.25, 0.3) is 0 Å². The van der Waals surface area contributed by atoms with Crippen molar-refractivity contribution in [3.63, 3.8) is 0 Å². The Hall–Kier alpha value is -3.93. The van der Waals surface area contributed by atoms with Gasteiger partial charge in [0.2, 0.25) is 11.6 Å². The molecule has 6 heteroatoms. The molecule has 1 unspecified atom stereocenters. The molecule has 162 valence electrons. The zero-order valence-corrected chi connectivity index (χ0v) is 18.6. The maximum absolute atomic E-state index is 14.1. The molecule has 0 fully saturated rings. The second-order valence-corrected chi connectivity index (χ2v) is 8.10. The van der Waals surface area contributed by atoms with Crippen molar-refractivity contribution in [2.24, 2.45) is 5.10 Å². The number of carbonyl (C=O) groups is 2. The topological polar surface area (TPSA) is 73.8 Å². The van der Waals surface area contributed by atoms with Gasteiger partial charge in [-0.1, -0.05) is 66.2 Å². The Morgan fingerprint density at radius 3 is 2.03 bits per heavy atom. The molecule has 1 aliphatic rings. The SMILES string of the molecule is CC(=O)NC1(Nc2ccccc2)C(=O)N(c2c(C)cc(C)cc2C)N=C1c1ccccc1. The average molecular weight is 427 g/mol. The number of aryl methyl sites for hydroxylation is 3. The normalized spacial score (nSPS) is 17.8. The average Bonchev–Trinajstić information content (AvgIpc) is 3.00. The third-order valence-electron chi connectivity index (χ3n) is 5.43. The van der Waals surface area contributed by atoms with Gasteiger partial charge in [-0.2, -0.15) is 10.1 Å². The molecule has 3 aromatic carbocycles.